The summed E-state index contributed by atoms with van der Waals surface area (Å²) < 4.78 is 17.4. The van der Waals surface area contributed by atoms with Crippen LogP contribution in [0.15, 0.2) is 54.6 Å². The van der Waals surface area contributed by atoms with Gasteiger partial charge in [-0.1, -0.05) is 42.5 Å². The number of nitrogens with one attached hydrogen (secondary N) is 1. The Bertz CT molecular complexity index is 1120. The Hall–Kier alpha value is -3.43. The van der Waals surface area contributed by atoms with Crippen molar-refractivity contribution in [2.75, 3.05) is 6.54 Å². The molecule has 3 amide bonds. The maximum atomic E-state index is 13.4. The zero-order chi connectivity index (χ0) is 27.3. The third-order valence-corrected chi connectivity index (χ3v) is 6.59. The quantitative estimate of drug-likeness (QED) is 0.543. The van der Waals surface area contributed by atoms with Crippen molar-refractivity contribution in [1.29, 1.82) is 0 Å². The maximum Gasteiger partial charge on any atom is 0.417 e. The van der Waals surface area contributed by atoms with E-state index in [-0.39, 0.29) is 24.8 Å². The van der Waals surface area contributed by atoms with Gasteiger partial charge < -0.3 is 25.3 Å². The Morgan fingerprint density at radius 1 is 1.08 bits per heavy atom. The fourth-order valence-corrected chi connectivity index (χ4v) is 4.67. The zero-order valence-electron chi connectivity index (χ0n) is 22.2. The molecule has 0 spiro atoms. The highest BCUT2D eigenvalue weighted by atomic mass is 16.6. The van der Waals surface area contributed by atoms with Crippen molar-refractivity contribution in [3.8, 4) is 5.75 Å². The molecule has 2 saturated heterocycles. The zero-order valence-corrected chi connectivity index (χ0v) is 22.2. The molecule has 2 aliphatic heterocycles. The van der Waals surface area contributed by atoms with Crippen LogP contribution in [0.2, 0.25) is 0 Å². The van der Waals surface area contributed by atoms with Gasteiger partial charge in [-0.3, -0.25) is 9.59 Å². The van der Waals surface area contributed by atoms with Crippen molar-refractivity contribution in [3.63, 3.8) is 0 Å². The number of imide groups is 1. The summed E-state index contributed by atoms with van der Waals surface area (Å²) in [5, 5.41) is 2.82. The molecule has 0 bridgehead atoms. The van der Waals surface area contributed by atoms with Crippen molar-refractivity contribution < 1.29 is 28.6 Å². The Labute approximate surface area is 223 Å². The Kier molecular flexibility index (Phi) is 8.69. The average Bonchev–Trinajstić information content (AvgIpc) is 3.25. The van der Waals surface area contributed by atoms with Gasteiger partial charge >= 0.3 is 6.09 Å². The predicted octanol–water partition coefficient (Wildman–Crippen LogP) is 3.54. The molecular weight excluding hydrogens is 486 g/mol. The van der Waals surface area contributed by atoms with E-state index < -0.39 is 36.0 Å². The molecule has 9 heteroatoms. The van der Waals surface area contributed by atoms with Crippen molar-refractivity contribution in [3.05, 3.63) is 65.7 Å². The lowest BCUT2D eigenvalue weighted by atomic mass is 9.95. The molecule has 2 unspecified atom stereocenters. The maximum absolute atomic E-state index is 13.4. The fraction of sp³-hybridized carbons (Fsp3) is 0.483. The molecule has 9 nitrogen and oxygen atoms in total. The number of amides is 3. The Morgan fingerprint density at radius 2 is 1.79 bits per heavy atom. The standard InChI is InChI=1S/C29H37N3O6/c1-29(2,3)38-28(35)32(17-23-14-11-21-16-25(33)31-26(21)37-23)27(34)24(30)15-19-9-12-22(13-10-19)36-18-20-7-5-4-6-8-20/h4-10,12-13,21,23-24,26H,11,14-18,30H2,1-3H3,(H,31,33)/t21?,23-,24-,26?/m0/s1. The minimum absolute atomic E-state index is 0.00675. The van der Waals surface area contributed by atoms with Gasteiger partial charge in [0.25, 0.3) is 0 Å². The molecule has 38 heavy (non-hydrogen) atoms. The second kappa shape index (κ2) is 12.0. The van der Waals surface area contributed by atoms with E-state index in [2.05, 4.69) is 5.32 Å². The number of benzene rings is 2. The average molecular weight is 524 g/mol. The molecule has 2 aromatic rings. The van der Waals surface area contributed by atoms with Crippen LogP contribution in [-0.2, 0) is 32.1 Å². The van der Waals surface area contributed by atoms with E-state index in [0.29, 0.717) is 25.2 Å². The van der Waals surface area contributed by atoms with Gasteiger partial charge in [-0.25, -0.2) is 9.69 Å². The van der Waals surface area contributed by atoms with Gasteiger partial charge in [-0.2, -0.15) is 0 Å². The summed E-state index contributed by atoms with van der Waals surface area (Å²) in [4.78, 5) is 39.2. The SMILES string of the molecule is CC(C)(C)OC(=O)N(C[C@@H]1CCC2CC(=O)NC2O1)C(=O)[C@@H](N)Cc1ccc(OCc2ccccc2)cc1. The largest absolute Gasteiger partial charge is 0.489 e. The van der Waals surface area contributed by atoms with Crippen LogP contribution in [0, 0.1) is 5.92 Å². The number of ether oxygens (including phenoxy) is 3. The second-order valence-electron chi connectivity index (χ2n) is 10.9. The molecule has 204 valence electrons. The highest BCUT2D eigenvalue weighted by Crippen LogP contribution is 2.31. The lowest BCUT2D eigenvalue weighted by Crippen LogP contribution is -2.53. The van der Waals surface area contributed by atoms with Crippen LogP contribution >= 0.6 is 0 Å². The Balaban J connectivity index is 1.38. The Morgan fingerprint density at radius 3 is 2.47 bits per heavy atom. The smallest absolute Gasteiger partial charge is 0.417 e. The summed E-state index contributed by atoms with van der Waals surface area (Å²) in [5.41, 5.74) is 7.43. The lowest BCUT2D eigenvalue weighted by molar-refractivity contribution is -0.138. The van der Waals surface area contributed by atoms with Crippen molar-refractivity contribution in [2.24, 2.45) is 11.7 Å². The van der Waals surface area contributed by atoms with Crippen molar-refractivity contribution in [1.82, 2.24) is 10.2 Å². The number of nitrogens with zero attached hydrogens (tertiary/aromatic N) is 1. The number of hydrogen-bond acceptors (Lipinski definition) is 7. The number of fused-ring (bicyclic) bond motifs is 1. The molecular formula is C29H37N3O6. The van der Waals surface area contributed by atoms with Crippen molar-refractivity contribution in [2.45, 2.75) is 77.0 Å². The van der Waals surface area contributed by atoms with Gasteiger partial charge in [0.1, 0.15) is 24.2 Å². The van der Waals surface area contributed by atoms with E-state index >= 15 is 0 Å². The van der Waals surface area contributed by atoms with Gasteiger partial charge in [0, 0.05) is 12.3 Å². The number of carbonyl (C=O) groups is 3. The molecule has 4 rings (SSSR count). The highest BCUT2D eigenvalue weighted by Gasteiger charge is 2.41. The normalized spacial score (nSPS) is 21.7. The van der Waals surface area contributed by atoms with E-state index in [0.717, 1.165) is 22.4 Å². The molecule has 3 N–H and O–H groups in total. The minimum Gasteiger partial charge on any atom is -0.489 e. The molecule has 4 atom stereocenters. The van der Waals surface area contributed by atoms with Gasteiger partial charge in [0.05, 0.1) is 18.7 Å². The number of rotatable bonds is 8. The van der Waals surface area contributed by atoms with Crippen LogP contribution < -0.4 is 15.8 Å². The van der Waals surface area contributed by atoms with Crippen LogP contribution in [0.5, 0.6) is 5.75 Å². The summed E-state index contributed by atoms with van der Waals surface area (Å²) in [6, 6.07) is 16.3. The van der Waals surface area contributed by atoms with E-state index in [4.69, 9.17) is 19.9 Å². The number of hydrogen-bond donors (Lipinski definition) is 2. The molecule has 2 aliphatic rings. The highest BCUT2D eigenvalue weighted by molar-refractivity contribution is 5.95. The molecule has 0 aliphatic carbocycles. The monoisotopic (exact) mass is 523 g/mol. The summed E-state index contributed by atoms with van der Waals surface area (Å²) in [5.74, 6) is 0.245. The molecule has 2 aromatic carbocycles. The van der Waals surface area contributed by atoms with Gasteiger partial charge in [-0.05, 0) is 63.3 Å². The van der Waals surface area contributed by atoms with E-state index in [9.17, 15) is 14.4 Å². The van der Waals surface area contributed by atoms with Crippen LogP contribution in [0.3, 0.4) is 0 Å². The molecule has 0 saturated carbocycles. The molecule has 0 radical (unpaired) electrons. The third-order valence-electron chi connectivity index (χ3n) is 6.59. The first-order valence-electron chi connectivity index (χ1n) is 13.1. The first-order chi connectivity index (χ1) is 18.1. The van der Waals surface area contributed by atoms with Crippen LogP contribution in [-0.4, -0.2) is 53.3 Å². The van der Waals surface area contributed by atoms with Crippen LogP contribution in [0.25, 0.3) is 0 Å². The first-order valence-corrected chi connectivity index (χ1v) is 13.1. The fourth-order valence-electron chi connectivity index (χ4n) is 4.67. The van der Waals surface area contributed by atoms with Gasteiger partial charge in [0.2, 0.25) is 11.8 Å². The summed E-state index contributed by atoms with van der Waals surface area (Å²) in [7, 11) is 0. The molecule has 2 fully saturated rings. The van der Waals surface area contributed by atoms with Gasteiger partial charge in [-0.15, -0.1) is 0 Å². The first kappa shape index (κ1) is 27.6. The lowest BCUT2D eigenvalue weighted by Gasteiger charge is -2.35. The second-order valence-corrected chi connectivity index (χ2v) is 10.9. The third kappa shape index (κ3) is 7.55. The minimum atomic E-state index is -0.957. The summed E-state index contributed by atoms with van der Waals surface area (Å²) in [6.45, 7) is 5.68. The topological polar surface area (TPSA) is 120 Å². The van der Waals surface area contributed by atoms with E-state index in [1.54, 1.807) is 20.8 Å². The van der Waals surface area contributed by atoms with Crippen LogP contribution in [0.4, 0.5) is 4.79 Å². The van der Waals surface area contributed by atoms with Gasteiger partial charge in [0.15, 0.2) is 0 Å². The van der Waals surface area contributed by atoms with Crippen LogP contribution in [0.1, 0.15) is 51.2 Å². The number of nitrogens with two attached hydrogens (primary N) is 1. The van der Waals surface area contributed by atoms with E-state index in [1.165, 1.54) is 0 Å². The summed E-state index contributed by atoms with van der Waals surface area (Å²) >= 11 is 0. The van der Waals surface area contributed by atoms with E-state index in [1.807, 2.05) is 54.6 Å². The molecule has 0 aromatic heterocycles. The number of carbonyl (C=O) groups excluding carboxylic acids is 3. The van der Waals surface area contributed by atoms with Crippen molar-refractivity contribution >= 4 is 17.9 Å². The molecule has 2 heterocycles. The predicted molar refractivity (Wildman–Crippen MR) is 141 cm³/mol. The summed E-state index contributed by atoms with van der Waals surface area (Å²) in [6.07, 6.45) is 0.504.